The first-order valence-corrected chi connectivity index (χ1v) is 14.8. The van der Waals surface area contributed by atoms with Crippen LogP contribution in [0.1, 0.15) is 39.0 Å². The second-order valence-electron chi connectivity index (χ2n) is 10.1. The highest BCUT2D eigenvalue weighted by atomic mass is 32.2. The highest BCUT2D eigenvalue weighted by Crippen LogP contribution is 2.31. The number of hydrogen-bond donors (Lipinski definition) is 7. The van der Waals surface area contributed by atoms with Crippen LogP contribution in [0, 0.1) is 5.92 Å². The molecule has 10 N–H and O–H groups in total. The lowest BCUT2D eigenvalue weighted by Crippen LogP contribution is -2.66. The van der Waals surface area contributed by atoms with Gasteiger partial charge in [0.2, 0.25) is 10.0 Å². The third kappa shape index (κ3) is 9.07. The van der Waals surface area contributed by atoms with Gasteiger partial charge in [-0.2, -0.15) is 0 Å². The Balaban J connectivity index is 1.69. The average Bonchev–Trinajstić information content (AvgIpc) is 2.83. The fraction of sp³-hybridized carbons (Fsp3) is 0.913. The SMILES string of the molecule is C[C@@H]1CO[C@H](O[C@@H]2[C@@H](O)[C@H](O[C@@H]3CCC=C(CNCCCN)O3)[C@@H](N)C[C@H]2NS(=O)(=O)CCN)[C@H](O)C1. The normalized spacial score (nSPS) is 37.1. The summed E-state index contributed by atoms with van der Waals surface area (Å²) in [6.07, 6.45) is -1.13. The lowest BCUT2D eigenvalue weighted by atomic mass is 9.84. The molecule has 14 heteroatoms. The molecule has 216 valence electrons. The molecule has 1 saturated heterocycles. The van der Waals surface area contributed by atoms with E-state index in [1.54, 1.807) is 0 Å². The Morgan fingerprint density at radius 3 is 2.65 bits per heavy atom. The third-order valence-electron chi connectivity index (χ3n) is 6.75. The van der Waals surface area contributed by atoms with Crippen LogP contribution in [0.3, 0.4) is 0 Å². The predicted molar refractivity (Wildman–Crippen MR) is 136 cm³/mol. The van der Waals surface area contributed by atoms with Gasteiger partial charge in [0, 0.05) is 19.0 Å². The number of nitrogens with one attached hydrogen (secondary N) is 2. The molecule has 0 aromatic rings. The Morgan fingerprint density at radius 2 is 1.95 bits per heavy atom. The Morgan fingerprint density at radius 1 is 1.16 bits per heavy atom. The molecule has 0 spiro atoms. The fourth-order valence-corrected chi connectivity index (χ4v) is 6.00. The first-order chi connectivity index (χ1) is 17.6. The summed E-state index contributed by atoms with van der Waals surface area (Å²) in [5.74, 6) is 0.594. The van der Waals surface area contributed by atoms with Crippen LogP contribution >= 0.6 is 0 Å². The predicted octanol–water partition coefficient (Wildman–Crippen LogP) is -2.20. The van der Waals surface area contributed by atoms with Gasteiger partial charge in [0.25, 0.3) is 0 Å². The van der Waals surface area contributed by atoms with Crippen molar-refractivity contribution >= 4 is 10.0 Å². The molecule has 0 aromatic carbocycles. The number of aliphatic hydroxyl groups is 2. The van der Waals surface area contributed by atoms with Crippen molar-refractivity contribution in [1.29, 1.82) is 0 Å². The molecule has 1 aliphatic carbocycles. The summed E-state index contributed by atoms with van der Waals surface area (Å²) in [5, 5.41) is 25.1. The number of hydrogen-bond acceptors (Lipinski definition) is 12. The molecule has 3 rings (SSSR count). The average molecular weight is 552 g/mol. The standard InChI is InChI=1S/C23H45N5O8S/c1-14-10-18(29)23(33-13-14)36-22-17(28-37(31,32)9-7-25)11-16(26)21(20(22)30)35-19-5-2-4-15(34-19)12-27-8-3-6-24/h4,14,16-23,27-30H,2-3,5-13,24-26H2,1H3/t14-,16-,17+,18+,19+,20-,21+,22-,23+/m0/s1. The molecule has 3 aliphatic rings. The van der Waals surface area contributed by atoms with E-state index in [0.29, 0.717) is 32.5 Å². The highest BCUT2D eigenvalue weighted by Gasteiger charge is 2.48. The quantitative estimate of drug-likeness (QED) is 0.121. The van der Waals surface area contributed by atoms with Gasteiger partial charge in [0.05, 0.1) is 24.9 Å². The highest BCUT2D eigenvalue weighted by molar-refractivity contribution is 7.89. The summed E-state index contributed by atoms with van der Waals surface area (Å²) >= 11 is 0. The summed E-state index contributed by atoms with van der Waals surface area (Å²) in [6.45, 7) is 4.16. The van der Waals surface area contributed by atoms with Gasteiger partial charge in [-0.15, -0.1) is 0 Å². The van der Waals surface area contributed by atoms with E-state index < -0.39 is 59.1 Å². The topological polar surface area (TPSA) is 214 Å². The van der Waals surface area contributed by atoms with Crippen molar-refractivity contribution in [2.24, 2.45) is 23.1 Å². The zero-order valence-corrected chi connectivity index (χ0v) is 22.4. The summed E-state index contributed by atoms with van der Waals surface area (Å²) in [5.41, 5.74) is 17.4. The fourth-order valence-electron chi connectivity index (χ4n) is 4.88. The van der Waals surface area contributed by atoms with E-state index in [1.165, 1.54) is 0 Å². The zero-order chi connectivity index (χ0) is 27.0. The molecule has 0 unspecified atom stereocenters. The molecule has 0 aromatic heterocycles. The summed E-state index contributed by atoms with van der Waals surface area (Å²) in [6, 6.07) is -1.58. The molecular weight excluding hydrogens is 506 g/mol. The molecule has 37 heavy (non-hydrogen) atoms. The van der Waals surface area contributed by atoms with Crippen molar-refractivity contribution in [1.82, 2.24) is 10.0 Å². The van der Waals surface area contributed by atoms with Crippen molar-refractivity contribution in [3.05, 3.63) is 11.8 Å². The van der Waals surface area contributed by atoms with E-state index in [2.05, 4.69) is 10.0 Å². The number of sulfonamides is 1. The second-order valence-corrected chi connectivity index (χ2v) is 12.0. The second kappa shape index (κ2) is 14.5. The van der Waals surface area contributed by atoms with Crippen LogP contribution in [0.2, 0.25) is 0 Å². The van der Waals surface area contributed by atoms with E-state index in [4.69, 9.17) is 36.1 Å². The van der Waals surface area contributed by atoms with Crippen molar-refractivity contribution in [2.75, 3.05) is 38.5 Å². The van der Waals surface area contributed by atoms with Crippen LogP contribution in [-0.2, 0) is 29.0 Å². The maximum Gasteiger partial charge on any atom is 0.213 e. The van der Waals surface area contributed by atoms with Crippen LogP contribution in [0.5, 0.6) is 0 Å². The molecule has 2 heterocycles. The molecule has 13 nitrogen and oxygen atoms in total. The van der Waals surface area contributed by atoms with Gasteiger partial charge in [-0.1, -0.05) is 6.92 Å². The Bertz CT molecular complexity index is 834. The van der Waals surface area contributed by atoms with Gasteiger partial charge in [-0.25, -0.2) is 13.1 Å². The smallest absolute Gasteiger partial charge is 0.213 e. The van der Waals surface area contributed by atoms with E-state index >= 15 is 0 Å². The maximum absolute atomic E-state index is 12.5. The number of ether oxygens (including phenoxy) is 4. The summed E-state index contributed by atoms with van der Waals surface area (Å²) in [7, 11) is -3.75. The van der Waals surface area contributed by atoms with E-state index in [9.17, 15) is 18.6 Å². The van der Waals surface area contributed by atoms with Gasteiger partial charge in [-0.3, -0.25) is 0 Å². The van der Waals surface area contributed by atoms with Crippen molar-refractivity contribution < 1.29 is 37.6 Å². The van der Waals surface area contributed by atoms with Gasteiger partial charge in [0.15, 0.2) is 12.6 Å². The van der Waals surface area contributed by atoms with Gasteiger partial charge < -0.3 is 51.7 Å². The molecule has 0 bridgehead atoms. The van der Waals surface area contributed by atoms with E-state index in [-0.39, 0.29) is 24.6 Å². The molecule has 0 radical (unpaired) electrons. The van der Waals surface area contributed by atoms with E-state index in [1.807, 2.05) is 13.0 Å². The maximum atomic E-state index is 12.5. The molecule has 2 fully saturated rings. The van der Waals surface area contributed by atoms with E-state index in [0.717, 1.165) is 25.1 Å². The van der Waals surface area contributed by atoms with Crippen molar-refractivity contribution in [3.63, 3.8) is 0 Å². The largest absolute Gasteiger partial charge is 0.468 e. The molecule has 1 saturated carbocycles. The Kier molecular flexibility index (Phi) is 12.0. The lowest BCUT2D eigenvalue weighted by molar-refractivity contribution is -0.281. The number of allylic oxidation sites excluding steroid dienone is 1. The monoisotopic (exact) mass is 551 g/mol. The van der Waals surface area contributed by atoms with Crippen LogP contribution in [0.4, 0.5) is 0 Å². The van der Waals surface area contributed by atoms with Crippen LogP contribution in [0.15, 0.2) is 11.8 Å². The third-order valence-corrected chi connectivity index (χ3v) is 8.19. The number of rotatable bonds is 13. The molecule has 0 amide bonds. The minimum absolute atomic E-state index is 0.0633. The summed E-state index contributed by atoms with van der Waals surface area (Å²) < 4.78 is 51.3. The Labute approximate surface area is 219 Å². The van der Waals surface area contributed by atoms with Gasteiger partial charge >= 0.3 is 0 Å². The first-order valence-electron chi connectivity index (χ1n) is 13.1. The zero-order valence-electron chi connectivity index (χ0n) is 21.5. The number of aliphatic hydroxyl groups excluding tert-OH is 2. The first kappa shape index (κ1) is 30.6. The molecule has 2 aliphatic heterocycles. The minimum Gasteiger partial charge on any atom is -0.468 e. The lowest BCUT2D eigenvalue weighted by Gasteiger charge is -2.46. The van der Waals surface area contributed by atoms with Crippen molar-refractivity contribution in [2.45, 2.75) is 88.1 Å². The van der Waals surface area contributed by atoms with Gasteiger partial charge in [0.1, 0.15) is 30.2 Å². The molecular formula is C23H45N5O8S. The minimum atomic E-state index is -3.75. The molecule has 9 atom stereocenters. The van der Waals surface area contributed by atoms with Crippen LogP contribution in [0.25, 0.3) is 0 Å². The van der Waals surface area contributed by atoms with Crippen molar-refractivity contribution in [3.8, 4) is 0 Å². The van der Waals surface area contributed by atoms with Gasteiger partial charge in [-0.05, 0) is 50.8 Å². The summed E-state index contributed by atoms with van der Waals surface area (Å²) in [4.78, 5) is 0. The van der Waals surface area contributed by atoms with Crippen LogP contribution in [-0.4, -0.2) is 106 Å². The van der Waals surface area contributed by atoms with Crippen LogP contribution < -0.4 is 27.2 Å². The Hall–Kier alpha value is -0.910. The number of nitrogens with two attached hydrogens (primary N) is 3.